The zero-order chi connectivity index (χ0) is 17.1. The largest absolute Gasteiger partial charge is 0.376 e. The molecule has 3 heterocycles. The number of ether oxygens (including phenoxy) is 1. The van der Waals surface area contributed by atoms with Gasteiger partial charge in [0.15, 0.2) is 11.5 Å². The molecule has 0 amide bonds. The topological polar surface area (TPSA) is 55.5 Å². The third-order valence-corrected chi connectivity index (χ3v) is 4.68. The summed E-state index contributed by atoms with van der Waals surface area (Å²) >= 11 is 0. The summed E-state index contributed by atoms with van der Waals surface area (Å²) in [5, 5.41) is 12.8. The Hall–Kier alpha value is -2.47. The van der Waals surface area contributed by atoms with Gasteiger partial charge in [0.2, 0.25) is 0 Å². The van der Waals surface area contributed by atoms with Crippen LogP contribution in [-0.4, -0.2) is 45.6 Å². The van der Waals surface area contributed by atoms with Gasteiger partial charge in [0.1, 0.15) is 5.82 Å². The Morgan fingerprint density at radius 3 is 2.88 bits per heavy atom. The zero-order valence-electron chi connectivity index (χ0n) is 14.5. The number of rotatable bonds is 6. The molecule has 6 nitrogen and oxygen atoms in total. The molecule has 25 heavy (non-hydrogen) atoms. The number of hydrogen-bond acceptors (Lipinski definition) is 5. The highest BCUT2D eigenvalue weighted by atomic mass is 16.5. The molecule has 0 radical (unpaired) electrons. The lowest BCUT2D eigenvalue weighted by Crippen LogP contribution is -2.24. The Balaban J connectivity index is 1.28. The van der Waals surface area contributed by atoms with Crippen LogP contribution in [0.3, 0.4) is 0 Å². The van der Waals surface area contributed by atoms with E-state index in [0.717, 1.165) is 56.2 Å². The number of aromatic nitrogens is 4. The second kappa shape index (κ2) is 7.19. The van der Waals surface area contributed by atoms with Crippen LogP contribution in [0.4, 0.5) is 5.82 Å². The molecule has 1 aliphatic rings. The maximum absolute atomic E-state index is 6.07. The van der Waals surface area contributed by atoms with Crippen LogP contribution < -0.4 is 4.90 Å². The number of benzene rings is 1. The van der Waals surface area contributed by atoms with Gasteiger partial charge < -0.3 is 9.64 Å². The minimum absolute atomic E-state index is 0.287. The van der Waals surface area contributed by atoms with Gasteiger partial charge in [-0.15, -0.1) is 15.3 Å². The molecule has 0 N–H and O–H groups in total. The van der Waals surface area contributed by atoms with Gasteiger partial charge in [-0.1, -0.05) is 30.3 Å². The van der Waals surface area contributed by atoms with Crippen LogP contribution in [-0.2, 0) is 11.2 Å². The first-order chi connectivity index (χ1) is 12.3. The molecule has 3 aromatic rings. The molecule has 0 bridgehead atoms. The van der Waals surface area contributed by atoms with E-state index in [4.69, 9.17) is 4.74 Å². The number of hydrogen-bond donors (Lipinski definition) is 0. The lowest BCUT2D eigenvalue weighted by molar-refractivity contribution is 0.0666. The van der Waals surface area contributed by atoms with E-state index in [-0.39, 0.29) is 6.10 Å². The fourth-order valence-corrected chi connectivity index (χ4v) is 3.30. The average Bonchev–Trinajstić information content (AvgIpc) is 3.27. The summed E-state index contributed by atoms with van der Waals surface area (Å²) < 4.78 is 7.87. The third-order valence-electron chi connectivity index (χ3n) is 4.68. The van der Waals surface area contributed by atoms with E-state index in [1.165, 1.54) is 5.56 Å². The van der Waals surface area contributed by atoms with E-state index in [1.54, 1.807) is 4.52 Å². The molecule has 0 spiro atoms. The van der Waals surface area contributed by atoms with Crippen molar-refractivity contribution in [1.82, 2.24) is 19.8 Å². The lowest BCUT2D eigenvalue weighted by atomic mass is 10.1. The van der Waals surface area contributed by atoms with Crippen molar-refractivity contribution in [3.63, 3.8) is 0 Å². The van der Waals surface area contributed by atoms with Crippen LogP contribution in [0.25, 0.3) is 5.65 Å². The van der Waals surface area contributed by atoms with Crippen LogP contribution in [0.2, 0.25) is 0 Å². The first kappa shape index (κ1) is 16.0. The fourth-order valence-electron chi connectivity index (χ4n) is 3.30. The van der Waals surface area contributed by atoms with E-state index in [1.807, 2.05) is 19.1 Å². The zero-order valence-corrected chi connectivity index (χ0v) is 14.5. The summed E-state index contributed by atoms with van der Waals surface area (Å²) in [6.45, 7) is 4.60. The van der Waals surface area contributed by atoms with Gasteiger partial charge in [-0.3, -0.25) is 0 Å². The molecule has 0 saturated carbocycles. The molecule has 4 rings (SSSR count). The summed E-state index contributed by atoms with van der Waals surface area (Å²) in [6.07, 6.45) is 3.47. The monoisotopic (exact) mass is 337 g/mol. The van der Waals surface area contributed by atoms with Gasteiger partial charge >= 0.3 is 0 Å². The van der Waals surface area contributed by atoms with E-state index >= 15 is 0 Å². The first-order valence-corrected chi connectivity index (χ1v) is 8.89. The maximum atomic E-state index is 6.07. The predicted molar refractivity (Wildman–Crippen MR) is 96.9 cm³/mol. The quantitative estimate of drug-likeness (QED) is 0.647. The molecule has 130 valence electrons. The van der Waals surface area contributed by atoms with Crippen LogP contribution in [0.15, 0.2) is 42.5 Å². The van der Waals surface area contributed by atoms with Crippen molar-refractivity contribution in [1.29, 1.82) is 0 Å². The van der Waals surface area contributed by atoms with Crippen molar-refractivity contribution in [2.75, 3.05) is 24.6 Å². The van der Waals surface area contributed by atoms with Crippen LogP contribution in [0.1, 0.15) is 24.2 Å². The average molecular weight is 337 g/mol. The summed E-state index contributed by atoms with van der Waals surface area (Å²) in [5.41, 5.74) is 2.16. The fraction of sp³-hybridized carbons (Fsp3) is 0.421. The first-order valence-electron chi connectivity index (χ1n) is 8.89. The van der Waals surface area contributed by atoms with Crippen molar-refractivity contribution < 1.29 is 4.74 Å². The minimum Gasteiger partial charge on any atom is -0.376 e. The summed E-state index contributed by atoms with van der Waals surface area (Å²) in [4.78, 5) is 2.28. The van der Waals surface area contributed by atoms with Crippen LogP contribution in [0, 0.1) is 6.92 Å². The number of nitrogens with zero attached hydrogens (tertiary/aromatic N) is 5. The standard InChI is InChI=1S/C19H23N5O/c1-15-20-21-18-9-10-19(22-24(15)18)23-12-11-17(14-23)25-13-5-8-16-6-3-2-4-7-16/h2-4,6-7,9-10,17H,5,8,11-14H2,1H3/t17-/m0/s1. The van der Waals surface area contributed by atoms with Gasteiger partial charge in [0.05, 0.1) is 6.10 Å². The molecule has 1 atom stereocenters. The van der Waals surface area contributed by atoms with E-state index in [9.17, 15) is 0 Å². The highest BCUT2D eigenvalue weighted by Crippen LogP contribution is 2.20. The van der Waals surface area contributed by atoms with Gasteiger partial charge in [-0.25, -0.2) is 0 Å². The van der Waals surface area contributed by atoms with Gasteiger partial charge in [0, 0.05) is 19.7 Å². The molecular weight excluding hydrogens is 314 g/mol. The predicted octanol–water partition coefficient (Wildman–Crippen LogP) is 2.66. The van der Waals surface area contributed by atoms with Crippen molar-refractivity contribution in [2.45, 2.75) is 32.3 Å². The second-order valence-electron chi connectivity index (χ2n) is 6.53. The Labute approximate surface area is 147 Å². The van der Waals surface area contributed by atoms with E-state index in [0.29, 0.717) is 0 Å². The molecule has 1 aliphatic heterocycles. The Kier molecular flexibility index (Phi) is 4.61. The third kappa shape index (κ3) is 3.64. The number of anilines is 1. The van der Waals surface area contributed by atoms with Gasteiger partial charge in [-0.05, 0) is 43.9 Å². The van der Waals surface area contributed by atoms with Gasteiger partial charge in [0.25, 0.3) is 0 Å². The molecule has 0 unspecified atom stereocenters. The van der Waals surface area contributed by atoms with Crippen molar-refractivity contribution in [3.05, 3.63) is 53.9 Å². The van der Waals surface area contributed by atoms with Crippen molar-refractivity contribution >= 4 is 11.5 Å². The minimum atomic E-state index is 0.287. The smallest absolute Gasteiger partial charge is 0.178 e. The Bertz CT molecular complexity index is 832. The summed E-state index contributed by atoms with van der Waals surface area (Å²) in [7, 11) is 0. The SMILES string of the molecule is Cc1nnc2ccc(N3CC[C@H](OCCCc4ccccc4)C3)nn12. The normalized spacial score (nSPS) is 17.5. The highest BCUT2D eigenvalue weighted by molar-refractivity contribution is 5.46. The highest BCUT2D eigenvalue weighted by Gasteiger charge is 2.24. The molecule has 2 aromatic heterocycles. The Morgan fingerprint density at radius 1 is 1.12 bits per heavy atom. The molecule has 1 fully saturated rings. The van der Waals surface area contributed by atoms with E-state index in [2.05, 4.69) is 50.5 Å². The number of fused-ring (bicyclic) bond motifs is 1. The molecule has 1 saturated heterocycles. The lowest BCUT2D eigenvalue weighted by Gasteiger charge is -2.17. The van der Waals surface area contributed by atoms with Crippen LogP contribution in [0.5, 0.6) is 0 Å². The Morgan fingerprint density at radius 2 is 2.00 bits per heavy atom. The molecule has 0 aliphatic carbocycles. The van der Waals surface area contributed by atoms with Crippen molar-refractivity contribution in [2.24, 2.45) is 0 Å². The molecular formula is C19H23N5O. The number of aryl methyl sites for hydroxylation is 2. The summed E-state index contributed by atoms with van der Waals surface area (Å²) in [5.74, 6) is 1.77. The van der Waals surface area contributed by atoms with Gasteiger partial charge in [-0.2, -0.15) is 4.52 Å². The summed E-state index contributed by atoms with van der Waals surface area (Å²) in [6, 6.07) is 14.6. The second-order valence-corrected chi connectivity index (χ2v) is 6.53. The van der Waals surface area contributed by atoms with Crippen LogP contribution >= 0.6 is 0 Å². The molecule has 1 aromatic carbocycles. The molecule has 6 heteroatoms. The van der Waals surface area contributed by atoms with E-state index < -0.39 is 0 Å². The maximum Gasteiger partial charge on any atom is 0.178 e. The van der Waals surface area contributed by atoms with Crippen molar-refractivity contribution in [3.8, 4) is 0 Å².